The van der Waals surface area contributed by atoms with Gasteiger partial charge in [-0.1, -0.05) is 4.89 Å². The molecular weight excluding hydrogens is 174 g/mol. The number of rotatable bonds is 4. The Hall–Kier alpha value is -0.540. The zero-order valence-electron chi connectivity index (χ0n) is 5.48. The normalized spacial score (nSPS) is 15.5. The van der Waals surface area contributed by atoms with Gasteiger partial charge in [0.1, 0.15) is 6.04 Å². The molecule has 2 atom stereocenters. The first-order chi connectivity index (χ1) is 5.07. The number of carbonyl (C=O) groups excluding carboxylic acids is 1. The smallest absolute Gasteiger partial charge is 0.343 e. The van der Waals surface area contributed by atoms with Gasteiger partial charge in [0.2, 0.25) is 0 Å². The summed E-state index contributed by atoms with van der Waals surface area (Å²) in [6.45, 7) is -0.105. The highest BCUT2D eigenvalue weighted by Gasteiger charge is 2.12. The predicted molar refractivity (Wildman–Crippen MR) is 35.2 cm³/mol. The lowest BCUT2D eigenvalue weighted by atomic mass is 10.3. The molecule has 0 fully saturated rings. The zero-order chi connectivity index (χ0) is 8.85. The van der Waals surface area contributed by atoms with Crippen LogP contribution in [0.3, 0.4) is 0 Å². The number of nitrogens with two attached hydrogens (primary N) is 2. The first-order valence-electron chi connectivity index (χ1n) is 2.59. The molecule has 0 radical (unpaired) electrons. The van der Waals surface area contributed by atoms with Crippen LogP contribution in [-0.4, -0.2) is 27.3 Å². The Bertz CT molecular complexity index is 163. The second kappa shape index (κ2) is 5.16. The SMILES string of the molecule is NCC(N)C(=O)ONS(=O)[O-]. The van der Waals surface area contributed by atoms with Crippen molar-refractivity contribution < 1.29 is 18.4 Å². The summed E-state index contributed by atoms with van der Waals surface area (Å²) in [7, 11) is 0. The van der Waals surface area contributed by atoms with Gasteiger partial charge in [0.25, 0.3) is 0 Å². The highest BCUT2D eigenvalue weighted by atomic mass is 32.2. The predicted octanol–water partition coefficient (Wildman–Crippen LogP) is -2.89. The van der Waals surface area contributed by atoms with Crippen LogP contribution >= 0.6 is 0 Å². The molecule has 0 spiro atoms. The monoisotopic (exact) mass is 182 g/mol. The van der Waals surface area contributed by atoms with Crippen molar-refractivity contribution in [2.45, 2.75) is 6.04 Å². The van der Waals surface area contributed by atoms with Gasteiger partial charge in [-0.2, -0.15) is 0 Å². The van der Waals surface area contributed by atoms with Crippen molar-refractivity contribution in [2.24, 2.45) is 11.5 Å². The molecule has 66 valence electrons. The van der Waals surface area contributed by atoms with E-state index in [1.807, 2.05) is 0 Å². The van der Waals surface area contributed by atoms with E-state index in [0.717, 1.165) is 0 Å². The fourth-order valence-corrected chi connectivity index (χ4v) is 0.397. The van der Waals surface area contributed by atoms with E-state index in [0.29, 0.717) is 0 Å². The molecule has 0 aliphatic carbocycles. The Labute approximate surface area is 65.4 Å². The van der Waals surface area contributed by atoms with Gasteiger partial charge in [-0.25, -0.2) is 4.79 Å². The quantitative estimate of drug-likeness (QED) is 0.316. The summed E-state index contributed by atoms with van der Waals surface area (Å²) in [5.41, 5.74) is 10.0. The van der Waals surface area contributed by atoms with E-state index in [1.165, 1.54) is 4.89 Å². The minimum absolute atomic E-state index is 0.105. The average Bonchev–Trinajstić information content (AvgIpc) is 1.98. The van der Waals surface area contributed by atoms with Crippen LogP contribution in [0, 0.1) is 0 Å². The largest absolute Gasteiger partial charge is 0.758 e. The molecular formula is C3H8N3O4S-. The van der Waals surface area contributed by atoms with Gasteiger partial charge < -0.3 is 20.9 Å². The molecule has 0 amide bonds. The summed E-state index contributed by atoms with van der Waals surface area (Å²) in [5, 5.41) is 0. The molecule has 0 rings (SSSR count). The van der Waals surface area contributed by atoms with E-state index >= 15 is 0 Å². The number of hydrogen-bond donors (Lipinski definition) is 3. The molecule has 11 heavy (non-hydrogen) atoms. The van der Waals surface area contributed by atoms with Crippen LogP contribution in [0.15, 0.2) is 0 Å². The van der Waals surface area contributed by atoms with E-state index in [4.69, 9.17) is 11.5 Å². The van der Waals surface area contributed by atoms with Gasteiger partial charge >= 0.3 is 5.97 Å². The highest BCUT2D eigenvalue weighted by Crippen LogP contribution is 1.79. The molecule has 0 saturated carbocycles. The molecule has 0 aromatic carbocycles. The van der Waals surface area contributed by atoms with Gasteiger partial charge in [-0.3, -0.25) is 4.21 Å². The van der Waals surface area contributed by atoms with E-state index in [-0.39, 0.29) is 6.54 Å². The first-order valence-corrected chi connectivity index (χ1v) is 3.66. The second-order valence-electron chi connectivity index (χ2n) is 1.58. The Morgan fingerprint density at radius 3 is 2.73 bits per heavy atom. The van der Waals surface area contributed by atoms with E-state index in [9.17, 15) is 13.6 Å². The van der Waals surface area contributed by atoms with Crippen molar-refractivity contribution in [3.05, 3.63) is 0 Å². The van der Waals surface area contributed by atoms with Crippen molar-refractivity contribution in [2.75, 3.05) is 6.54 Å². The molecule has 5 N–H and O–H groups in total. The fourth-order valence-electron chi connectivity index (χ4n) is 0.247. The van der Waals surface area contributed by atoms with Gasteiger partial charge in [-0.05, 0) is 0 Å². The van der Waals surface area contributed by atoms with Crippen LogP contribution in [0.1, 0.15) is 0 Å². The summed E-state index contributed by atoms with van der Waals surface area (Å²) >= 11 is -2.64. The third kappa shape index (κ3) is 4.81. The lowest BCUT2D eigenvalue weighted by molar-refractivity contribution is -0.148. The third-order valence-corrected chi connectivity index (χ3v) is 0.986. The number of hydrogen-bond acceptors (Lipinski definition) is 6. The number of carbonyl (C=O) groups is 1. The minimum Gasteiger partial charge on any atom is -0.758 e. The van der Waals surface area contributed by atoms with E-state index in [1.54, 1.807) is 0 Å². The standard InChI is InChI=1S/C3H9N3O4S/c4-1-2(5)3(7)10-6-11(8)9/h2,6H,1,4-5H2,(H,8,9)/p-1. The molecule has 0 aromatic rings. The topological polar surface area (TPSA) is 130 Å². The molecule has 2 unspecified atom stereocenters. The van der Waals surface area contributed by atoms with Crippen LogP contribution < -0.4 is 16.4 Å². The van der Waals surface area contributed by atoms with E-state index < -0.39 is 23.3 Å². The summed E-state index contributed by atoms with van der Waals surface area (Å²) in [4.78, 5) is 15.9. The Morgan fingerprint density at radius 1 is 1.82 bits per heavy atom. The molecule has 7 nitrogen and oxygen atoms in total. The van der Waals surface area contributed by atoms with Crippen molar-refractivity contribution in [3.63, 3.8) is 0 Å². The van der Waals surface area contributed by atoms with Crippen molar-refractivity contribution >= 4 is 17.2 Å². The maximum Gasteiger partial charge on any atom is 0.343 e. The molecule has 0 saturated heterocycles. The molecule has 0 aromatic heterocycles. The Kier molecular flexibility index (Phi) is 4.90. The molecule has 0 bridgehead atoms. The summed E-state index contributed by atoms with van der Waals surface area (Å²) in [6.07, 6.45) is 0. The van der Waals surface area contributed by atoms with Crippen LogP contribution in [-0.2, 0) is 20.9 Å². The third-order valence-electron chi connectivity index (χ3n) is 0.767. The first kappa shape index (κ1) is 10.5. The molecule has 0 aliphatic heterocycles. The van der Waals surface area contributed by atoms with Gasteiger partial charge in [0.05, 0.1) is 11.3 Å². The van der Waals surface area contributed by atoms with Gasteiger partial charge in [0, 0.05) is 6.54 Å². The van der Waals surface area contributed by atoms with Crippen LogP contribution in [0.5, 0.6) is 0 Å². The minimum atomic E-state index is -2.64. The fraction of sp³-hybridized carbons (Fsp3) is 0.667. The number of nitrogens with one attached hydrogen (secondary N) is 1. The molecule has 0 heterocycles. The lowest BCUT2D eigenvalue weighted by Crippen LogP contribution is -2.41. The van der Waals surface area contributed by atoms with Crippen LogP contribution in [0.2, 0.25) is 0 Å². The van der Waals surface area contributed by atoms with Gasteiger partial charge in [-0.15, -0.1) is 0 Å². The lowest BCUT2D eigenvalue weighted by Gasteiger charge is -2.09. The summed E-state index contributed by atoms with van der Waals surface area (Å²) < 4.78 is 19.5. The Morgan fingerprint density at radius 2 is 2.36 bits per heavy atom. The summed E-state index contributed by atoms with van der Waals surface area (Å²) in [5.74, 6) is -0.920. The van der Waals surface area contributed by atoms with Gasteiger partial charge in [0.15, 0.2) is 0 Å². The maximum atomic E-state index is 10.5. The molecule has 8 heteroatoms. The summed E-state index contributed by atoms with van der Waals surface area (Å²) in [6, 6.07) is -1.01. The van der Waals surface area contributed by atoms with Crippen molar-refractivity contribution in [3.8, 4) is 0 Å². The molecule has 0 aliphatic rings. The van der Waals surface area contributed by atoms with Crippen molar-refractivity contribution in [1.29, 1.82) is 0 Å². The highest BCUT2D eigenvalue weighted by molar-refractivity contribution is 7.76. The maximum absolute atomic E-state index is 10.5. The second-order valence-corrected chi connectivity index (χ2v) is 2.22. The Balaban J connectivity index is 3.60. The average molecular weight is 182 g/mol. The zero-order valence-corrected chi connectivity index (χ0v) is 6.30. The van der Waals surface area contributed by atoms with Crippen LogP contribution in [0.4, 0.5) is 0 Å². The van der Waals surface area contributed by atoms with Crippen molar-refractivity contribution in [1.82, 2.24) is 4.89 Å². The van der Waals surface area contributed by atoms with Crippen LogP contribution in [0.25, 0.3) is 0 Å². The van der Waals surface area contributed by atoms with E-state index in [2.05, 4.69) is 4.84 Å².